The number of thiocarbonyl (C=S) groups is 1. The van der Waals surface area contributed by atoms with Crippen LogP contribution in [0.4, 0.5) is 11.4 Å². The van der Waals surface area contributed by atoms with Gasteiger partial charge in [-0.25, -0.2) is 13.6 Å². The second kappa shape index (κ2) is 9.10. The van der Waals surface area contributed by atoms with Crippen LogP contribution in [0.5, 0.6) is 5.88 Å². The Morgan fingerprint density at radius 2 is 1.79 bits per heavy atom. The summed E-state index contributed by atoms with van der Waals surface area (Å²) in [7, 11) is -3.95. The van der Waals surface area contributed by atoms with Gasteiger partial charge in [0.2, 0.25) is 21.0 Å². The highest BCUT2D eigenvalue weighted by molar-refractivity contribution is 7.89. The van der Waals surface area contributed by atoms with Gasteiger partial charge in [0.05, 0.1) is 17.7 Å². The third kappa shape index (κ3) is 4.92. The van der Waals surface area contributed by atoms with Crippen molar-refractivity contribution in [1.29, 1.82) is 0 Å². The van der Waals surface area contributed by atoms with E-state index in [1.807, 2.05) is 55.5 Å². The zero-order valence-electron chi connectivity index (χ0n) is 17.6. The van der Waals surface area contributed by atoms with Gasteiger partial charge >= 0.3 is 0 Å². The topological polar surface area (TPSA) is 122 Å². The molecule has 0 saturated heterocycles. The van der Waals surface area contributed by atoms with Crippen molar-refractivity contribution in [3.8, 4) is 5.88 Å². The van der Waals surface area contributed by atoms with Gasteiger partial charge in [-0.3, -0.25) is 0 Å². The van der Waals surface area contributed by atoms with Crippen LogP contribution in [0, 0.1) is 6.92 Å². The van der Waals surface area contributed by atoms with Crippen molar-refractivity contribution in [2.75, 3.05) is 5.32 Å². The first-order valence-electron chi connectivity index (χ1n) is 9.94. The zero-order valence-corrected chi connectivity index (χ0v) is 19.3. The Labute approximate surface area is 196 Å². The number of sulfonamides is 1. The molecule has 1 aromatic heterocycles. The van der Waals surface area contributed by atoms with E-state index in [1.54, 1.807) is 16.7 Å². The van der Waals surface area contributed by atoms with Crippen molar-refractivity contribution in [2.45, 2.75) is 18.4 Å². The number of anilines is 1. The maximum absolute atomic E-state index is 11.8. The third-order valence-electron chi connectivity index (χ3n) is 5.02. The number of para-hydroxylation sites is 1. The number of aromatic nitrogens is 1. The van der Waals surface area contributed by atoms with E-state index in [2.05, 4.69) is 15.5 Å². The Morgan fingerprint density at radius 1 is 1.09 bits per heavy atom. The lowest BCUT2D eigenvalue weighted by Gasteiger charge is -2.08. The van der Waals surface area contributed by atoms with Gasteiger partial charge in [-0.15, -0.1) is 10.2 Å². The number of azo groups is 1. The molecule has 0 bridgehead atoms. The number of benzene rings is 3. The lowest BCUT2D eigenvalue weighted by Crippen LogP contribution is -2.16. The molecule has 0 aliphatic heterocycles. The smallest absolute Gasteiger partial charge is 0.240 e. The number of hydrogen-bond donors (Lipinski definition) is 3. The van der Waals surface area contributed by atoms with E-state index in [4.69, 9.17) is 17.4 Å². The van der Waals surface area contributed by atoms with E-state index < -0.39 is 10.0 Å². The maximum Gasteiger partial charge on any atom is 0.240 e. The summed E-state index contributed by atoms with van der Waals surface area (Å²) in [5.41, 5.74) is 3.28. The maximum atomic E-state index is 11.8. The number of hydrogen-bond acceptors (Lipinski definition) is 5. The van der Waals surface area contributed by atoms with Crippen LogP contribution in [0.25, 0.3) is 10.9 Å². The number of primary sulfonamides is 1. The lowest BCUT2D eigenvalue weighted by atomic mass is 10.1. The van der Waals surface area contributed by atoms with Gasteiger partial charge in [0.25, 0.3) is 0 Å². The average Bonchev–Trinajstić information content (AvgIpc) is 3.03. The summed E-state index contributed by atoms with van der Waals surface area (Å²) in [6.45, 7) is 2.40. The summed E-state index contributed by atoms with van der Waals surface area (Å²) in [5.74, 6) is -0.0454. The van der Waals surface area contributed by atoms with Gasteiger partial charge in [-0.1, -0.05) is 54.1 Å². The summed E-state index contributed by atoms with van der Waals surface area (Å²) in [6.07, 6.45) is 0. The van der Waals surface area contributed by atoms with Crippen LogP contribution < -0.4 is 10.5 Å². The molecule has 33 heavy (non-hydrogen) atoms. The van der Waals surface area contributed by atoms with Crippen LogP contribution in [0.1, 0.15) is 11.1 Å². The average molecular weight is 480 g/mol. The normalized spacial score (nSPS) is 11.8. The molecule has 4 N–H and O–H groups in total. The first-order valence-corrected chi connectivity index (χ1v) is 11.9. The second-order valence-electron chi connectivity index (χ2n) is 7.44. The molecule has 0 fully saturated rings. The van der Waals surface area contributed by atoms with Crippen molar-refractivity contribution in [3.05, 3.63) is 83.9 Å². The van der Waals surface area contributed by atoms with Gasteiger partial charge in [-0.05, 0) is 49.0 Å². The van der Waals surface area contributed by atoms with Gasteiger partial charge in [0, 0.05) is 5.39 Å². The molecule has 0 spiro atoms. The predicted octanol–water partition coefficient (Wildman–Crippen LogP) is 4.83. The van der Waals surface area contributed by atoms with Crippen LogP contribution in [0.2, 0.25) is 0 Å². The molecule has 10 heteroatoms. The summed E-state index contributed by atoms with van der Waals surface area (Å²) < 4.78 is 25.3. The highest BCUT2D eigenvalue weighted by Crippen LogP contribution is 2.39. The molecule has 3 aromatic carbocycles. The molecule has 168 valence electrons. The summed E-state index contributed by atoms with van der Waals surface area (Å²) >= 11 is 5.23. The molecule has 0 radical (unpaired) electrons. The van der Waals surface area contributed by atoms with Crippen LogP contribution in [-0.2, 0) is 16.6 Å². The van der Waals surface area contributed by atoms with Crippen molar-refractivity contribution < 1.29 is 13.5 Å². The second-order valence-corrected chi connectivity index (χ2v) is 9.35. The quantitative estimate of drug-likeness (QED) is 0.279. The number of fused-ring (bicyclic) bond motifs is 1. The summed E-state index contributed by atoms with van der Waals surface area (Å²) in [4.78, 5) is -0.111. The Hall–Kier alpha value is -3.60. The molecular weight excluding hydrogens is 458 g/mol. The first-order chi connectivity index (χ1) is 15.7. The fraction of sp³-hybridized carbons (Fsp3) is 0.0870. The number of nitrogens with one attached hydrogen (secondary N) is 1. The fourth-order valence-corrected chi connectivity index (χ4v) is 4.36. The third-order valence-corrected chi connectivity index (χ3v) is 6.18. The van der Waals surface area contributed by atoms with Crippen molar-refractivity contribution in [2.24, 2.45) is 15.4 Å². The molecule has 0 atom stereocenters. The van der Waals surface area contributed by atoms with E-state index in [-0.39, 0.29) is 27.3 Å². The van der Waals surface area contributed by atoms with E-state index in [0.29, 0.717) is 6.54 Å². The number of nitrogens with two attached hydrogens (primary N) is 1. The van der Waals surface area contributed by atoms with Crippen LogP contribution in [0.3, 0.4) is 0 Å². The summed E-state index contributed by atoms with van der Waals surface area (Å²) in [6, 6.07) is 21.6. The van der Waals surface area contributed by atoms with E-state index in [9.17, 15) is 13.5 Å². The van der Waals surface area contributed by atoms with Crippen molar-refractivity contribution in [1.82, 2.24) is 4.57 Å². The standard InChI is InChI=1S/C23H21N5O3S2/c1-15-11-12-19-17(13-15)21(22(29)28(19)14-16-7-3-2-4-8-16)26-27-23(32)25-18-9-5-6-10-20(18)33(24,30)31/h2-13,29H,14H2,1H3,(H,25,32)(H2,24,30,31). The Balaban J connectivity index is 1.68. The molecule has 0 saturated carbocycles. The predicted molar refractivity (Wildman–Crippen MR) is 132 cm³/mol. The highest BCUT2D eigenvalue weighted by atomic mass is 32.2. The van der Waals surface area contributed by atoms with Crippen LogP contribution >= 0.6 is 12.2 Å². The molecule has 1 heterocycles. The van der Waals surface area contributed by atoms with Gasteiger partial charge < -0.3 is 15.0 Å². The number of aromatic hydroxyl groups is 1. The van der Waals surface area contributed by atoms with E-state index in [1.165, 1.54) is 12.1 Å². The van der Waals surface area contributed by atoms with E-state index in [0.717, 1.165) is 22.0 Å². The van der Waals surface area contributed by atoms with Gasteiger partial charge in [-0.2, -0.15) is 0 Å². The lowest BCUT2D eigenvalue weighted by molar-refractivity contribution is 0.429. The molecule has 0 amide bonds. The number of rotatable bonds is 5. The minimum Gasteiger partial charge on any atom is -0.493 e. The molecule has 4 aromatic rings. The summed E-state index contributed by atoms with van der Waals surface area (Å²) in [5, 5.41) is 27.8. The number of nitrogens with zero attached hydrogens (tertiary/aromatic N) is 3. The van der Waals surface area contributed by atoms with Crippen LogP contribution in [0.15, 0.2) is 87.9 Å². The molecule has 8 nitrogen and oxygen atoms in total. The highest BCUT2D eigenvalue weighted by Gasteiger charge is 2.18. The van der Waals surface area contributed by atoms with Crippen LogP contribution in [-0.4, -0.2) is 23.2 Å². The van der Waals surface area contributed by atoms with Gasteiger partial charge in [0.1, 0.15) is 4.90 Å². The molecule has 0 unspecified atom stereocenters. The Kier molecular flexibility index (Phi) is 6.23. The molecule has 0 aliphatic carbocycles. The van der Waals surface area contributed by atoms with Crippen molar-refractivity contribution >= 4 is 49.6 Å². The number of aryl methyl sites for hydroxylation is 1. The Morgan fingerprint density at radius 3 is 2.52 bits per heavy atom. The molecular formula is C23H21N5O3S2. The SMILES string of the molecule is Cc1ccc2c(c1)c(N=NC(=S)Nc1ccccc1S(N)(=O)=O)c(O)n2Cc1ccccc1. The first kappa shape index (κ1) is 22.6. The molecule has 0 aliphatic rings. The Bertz CT molecular complexity index is 1480. The fourth-order valence-electron chi connectivity index (χ4n) is 3.52. The van der Waals surface area contributed by atoms with E-state index >= 15 is 0 Å². The largest absolute Gasteiger partial charge is 0.493 e. The zero-order chi connectivity index (χ0) is 23.6. The molecule has 4 rings (SSSR count). The minimum absolute atomic E-state index is 0.0454. The monoisotopic (exact) mass is 479 g/mol. The minimum atomic E-state index is -3.95. The van der Waals surface area contributed by atoms with Gasteiger partial charge in [0.15, 0.2) is 5.69 Å². The van der Waals surface area contributed by atoms with Crippen molar-refractivity contribution in [3.63, 3.8) is 0 Å².